The average Bonchev–Trinajstić information content (AvgIpc) is 2.96. The Labute approximate surface area is 232 Å². The molecular formula is C29H32N2O9. The Morgan fingerprint density at radius 2 is 1.65 bits per heavy atom. The fourth-order valence-corrected chi connectivity index (χ4v) is 3.63. The molecule has 1 heterocycles. The smallest absolute Gasteiger partial charge is 0.328 e. The third-order valence-corrected chi connectivity index (χ3v) is 5.63. The maximum atomic E-state index is 13.0. The van der Waals surface area contributed by atoms with Crippen LogP contribution in [0.2, 0.25) is 0 Å². The Bertz CT molecular complexity index is 1300. The van der Waals surface area contributed by atoms with E-state index < -0.39 is 42.9 Å². The molecule has 0 unspecified atom stereocenters. The number of amides is 1. The molecule has 3 aromatic rings. The highest BCUT2D eigenvalue weighted by molar-refractivity contribution is 5.98. The molecule has 3 atom stereocenters. The summed E-state index contributed by atoms with van der Waals surface area (Å²) in [7, 11) is 2.94. The molecular weight excluding hydrogens is 520 g/mol. The third-order valence-electron chi connectivity index (χ3n) is 5.63. The first-order valence-corrected chi connectivity index (χ1v) is 12.4. The highest BCUT2D eigenvalue weighted by atomic mass is 16.7. The summed E-state index contributed by atoms with van der Waals surface area (Å²) in [6, 6.07) is 16.8. The summed E-state index contributed by atoms with van der Waals surface area (Å²) in [5, 5.41) is 2.56. The SMILES string of the molecule is COc1cccc([C@@H](Oc2ccccc2)[C@H](C)OC(=O)[C@H](C)NC(=O)c2nccc(OC)c2OCOC(C)=O)c1. The molecule has 11 nitrogen and oxygen atoms in total. The van der Waals surface area contributed by atoms with Gasteiger partial charge in [0, 0.05) is 19.2 Å². The number of methoxy groups -OCH3 is 2. The van der Waals surface area contributed by atoms with Gasteiger partial charge >= 0.3 is 11.9 Å². The number of pyridine rings is 1. The molecule has 0 saturated heterocycles. The van der Waals surface area contributed by atoms with E-state index in [1.165, 1.54) is 33.2 Å². The number of esters is 2. The molecule has 0 saturated carbocycles. The molecule has 212 valence electrons. The zero-order chi connectivity index (χ0) is 29.1. The van der Waals surface area contributed by atoms with Gasteiger partial charge in [-0.25, -0.2) is 9.78 Å². The van der Waals surface area contributed by atoms with Crippen LogP contribution < -0.4 is 24.3 Å². The molecule has 40 heavy (non-hydrogen) atoms. The quantitative estimate of drug-likeness (QED) is 0.246. The van der Waals surface area contributed by atoms with Gasteiger partial charge in [0.2, 0.25) is 6.79 Å². The van der Waals surface area contributed by atoms with Crippen LogP contribution >= 0.6 is 0 Å². The van der Waals surface area contributed by atoms with Crippen molar-refractivity contribution in [3.05, 3.63) is 78.1 Å². The first kappa shape index (κ1) is 29.8. The number of nitrogens with zero attached hydrogens (tertiary/aromatic N) is 1. The Morgan fingerprint density at radius 1 is 0.925 bits per heavy atom. The Balaban J connectivity index is 1.74. The summed E-state index contributed by atoms with van der Waals surface area (Å²) < 4.78 is 32.7. The molecule has 1 aromatic heterocycles. The van der Waals surface area contributed by atoms with E-state index in [1.54, 1.807) is 38.3 Å². The van der Waals surface area contributed by atoms with E-state index in [4.69, 9.17) is 28.4 Å². The molecule has 0 aliphatic rings. The van der Waals surface area contributed by atoms with Gasteiger partial charge in [-0.05, 0) is 43.7 Å². The van der Waals surface area contributed by atoms with Crippen LogP contribution in [0.4, 0.5) is 0 Å². The molecule has 0 aliphatic heterocycles. The first-order valence-electron chi connectivity index (χ1n) is 12.4. The summed E-state index contributed by atoms with van der Waals surface area (Å²) in [5.41, 5.74) is 0.566. The van der Waals surface area contributed by atoms with Gasteiger partial charge in [-0.3, -0.25) is 9.59 Å². The average molecular weight is 553 g/mol. The van der Waals surface area contributed by atoms with E-state index in [0.29, 0.717) is 11.5 Å². The van der Waals surface area contributed by atoms with E-state index in [9.17, 15) is 14.4 Å². The van der Waals surface area contributed by atoms with Crippen molar-refractivity contribution in [2.75, 3.05) is 21.0 Å². The molecule has 0 spiro atoms. The first-order chi connectivity index (χ1) is 19.2. The number of para-hydroxylation sites is 1. The minimum atomic E-state index is -1.06. The summed E-state index contributed by atoms with van der Waals surface area (Å²) >= 11 is 0. The Morgan fingerprint density at radius 3 is 2.33 bits per heavy atom. The highest BCUT2D eigenvalue weighted by Gasteiger charge is 2.29. The number of ether oxygens (including phenoxy) is 6. The fourth-order valence-electron chi connectivity index (χ4n) is 3.63. The largest absolute Gasteiger partial charge is 0.497 e. The minimum Gasteiger partial charge on any atom is -0.497 e. The fraction of sp³-hybridized carbons (Fsp3) is 0.310. The number of aromatic nitrogens is 1. The van der Waals surface area contributed by atoms with Crippen LogP contribution in [0.15, 0.2) is 66.9 Å². The van der Waals surface area contributed by atoms with Crippen LogP contribution in [0, 0.1) is 0 Å². The van der Waals surface area contributed by atoms with Crippen molar-refractivity contribution in [3.8, 4) is 23.0 Å². The van der Waals surface area contributed by atoms with Gasteiger partial charge in [0.05, 0.1) is 14.2 Å². The Hall–Kier alpha value is -4.80. The predicted octanol–water partition coefficient (Wildman–Crippen LogP) is 3.87. The highest BCUT2D eigenvalue weighted by Crippen LogP contribution is 2.31. The second-order valence-corrected chi connectivity index (χ2v) is 8.55. The molecule has 11 heteroatoms. The van der Waals surface area contributed by atoms with E-state index in [0.717, 1.165) is 5.56 Å². The molecule has 0 radical (unpaired) electrons. The lowest BCUT2D eigenvalue weighted by molar-refractivity contribution is -0.155. The zero-order valence-electron chi connectivity index (χ0n) is 22.9. The normalized spacial score (nSPS) is 12.7. The number of carbonyl (C=O) groups excluding carboxylic acids is 3. The second kappa shape index (κ2) is 14.4. The topological polar surface area (TPSA) is 132 Å². The van der Waals surface area contributed by atoms with Crippen LogP contribution in [0.1, 0.15) is 42.9 Å². The van der Waals surface area contributed by atoms with Gasteiger partial charge in [-0.1, -0.05) is 30.3 Å². The molecule has 0 bridgehead atoms. The van der Waals surface area contributed by atoms with Gasteiger partial charge < -0.3 is 33.7 Å². The standard InChI is InChI=1S/C29H32N2O9/c1-18(31-28(33)25-27(38-17-37-20(3)32)24(36-5)14-15-30-25)29(34)39-19(2)26(40-22-11-7-6-8-12-22)21-10-9-13-23(16-21)35-4/h6-16,18-19,26H,17H2,1-5H3,(H,31,33)/t18-,19-,26-/m0/s1. The van der Waals surface area contributed by atoms with Crippen molar-refractivity contribution in [1.82, 2.24) is 10.3 Å². The maximum Gasteiger partial charge on any atom is 0.328 e. The van der Waals surface area contributed by atoms with E-state index in [-0.39, 0.29) is 17.2 Å². The van der Waals surface area contributed by atoms with Gasteiger partial charge in [0.1, 0.15) is 23.6 Å². The van der Waals surface area contributed by atoms with Crippen molar-refractivity contribution in [3.63, 3.8) is 0 Å². The summed E-state index contributed by atoms with van der Waals surface area (Å²) in [6.07, 6.45) is -0.0839. The van der Waals surface area contributed by atoms with E-state index >= 15 is 0 Å². The van der Waals surface area contributed by atoms with Gasteiger partial charge in [0.15, 0.2) is 23.3 Å². The third kappa shape index (κ3) is 8.10. The minimum absolute atomic E-state index is 0.0490. The number of carbonyl (C=O) groups is 3. The number of benzene rings is 2. The molecule has 3 rings (SSSR count). The number of hydrogen-bond acceptors (Lipinski definition) is 10. The second-order valence-electron chi connectivity index (χ2n) is 8.55. The summed E-state index contributed by atoms with van der Waals surface area (Å²) in [4.78, 5) is 41.2. The number of rotatable bonds is 13. The molecule has 2 aromatic carbocycles. The van der Waals surface area contributed by atoms with Crippen LogP contribution in [-0.2, 0) is 19.1 Å². The molecule has 0 aliphatic carbocycles. The molecule has 1 N–H and O–H groups in total. The van der Waals surface area contributed by atoms with Crippen molar-refractivity contribution in [2.24, 2.45) is 0 Å². The lowest BCUT2D eigenvalue weighted by Crippen LogP contribution is -2.42. The van der Waals surface area contributed by atoms with Gasteiger partial charge in [-0.2, -0.15) is 0 Å². The van der Waals surface area contributed by atoms with Crippen molar-refractivity contribution < 1.29 is 42.8 Å². The van der Waals surface area contributed by atoms with E-state index in [1.807, 2.05) is 30.3 Å². The summed E-state index contributed by atoms with van der Waals surface area (Å²) in [6.45, 7) is 3.94. The van der Waals surface area contributed by atoms with Crippen LogP contribution in [0.25, 0.3) is 0 Å². The number of nitrogens with one attached hydrogen (secondary N) is 1. The lowest BCUT2D eigenvalue weighted by Gasteiger charge is -2.27. The van der Waals surface area contributed by atoms with Crippen LogP contribution in [0.5, 0.6) is 23.0 Å². The predicted molar refractivity (Wildman–Crippen MR) is 143 cm³/mol. The maximum absolute atomic E-state index is 13.0. The Kier molecular flexibility index (Phi) is 10.7. The van der Waals surface area contributed by atoms with Crippen molar-refractivity contribution in [1.29, 1.82) is 0 Å². The van der Waals surface area contributed by atoms with E-state index in [2.05, 4.69) is 10.3 Å². The molecule has 0 fully saturated rings. The van der Waals surface area contributed by atoms with Crippen molar-refractivity contribution >= 4 is 17.8 Å². The van der Waals surface area contributed by atoms with Gasteiger partial charge in [-0.15, -0.1) is 0 Å². The van der Waals surface area contributed by atoms with Crippen LogP contribution in [-0.4, -0.2) is 56.0 Å². The number of hydrogen-bond donors (Lipinski definition) is 1. The monoisotopic (exact) mass is 552 g/mol. The van der Waals surface area contributed by atoms with Gasteiger partial charge in [0.25, 0.3) is 5.91 Å². The van der Waals surface area contributed by atoms with Crippen molar-refractivity contribution in [2.45, 2.75) is 39.0 Å². The summed E-state index contributed by atoms with van der Waals surface area (Å²) in [5.74, 6) is -0.639. The lowest BCUT2D eigenvalue weighted by atomic mass is 10.0. The van der Waals surface area contributed by atoms with Crippen LogP contribution in [0.3, 0.4) is 0 Å². The zero-order valence-corrected chi connectivity index (χ0v) is 22.9. The molecule has 1 amide bonds.